The lowest BCUT2D eigenvalue weighted by molar-refractivity contribution is -0.129. The fourth-order valence-electron chi connectivity index (χ4n) is 3.79. The van der Waals surface area contributed by atoms with Crippen molar-refractivity contribution in [1.29, 1.82) is 0 Å². The average molecular weight is 422 g/mol. The van der Waals surface area contributed by atoms with Gasteiger partial charge in [0.25, 0.3) is 0 Å². The van der Waals surface area contributed by atoms with Crippen molar-refractivity contribution in [2.24, 2.45) is 0 Å². The van der Waals surface area contributed by atoms with Crippen LogP contribution < -0.4 is 15.5 Å². The lowest BCUT2D eigenvalue weighted by Crippen LogP contribution is -2.49. The number of nitrogens with one attached hydrogen (secondary N) is 2. The van der Waals surface area contributed by atoms with E-state index >= 15 is 0 Å². The highest BCUT2D eigenvalue weighted by molar-refractivity contribution is 5.93. The molecular formula is C22H27N7O2. The zero-order valence-corrected chi connectivity index (χ0v) is 17.8. The number of nitrogens with zero attached hydrogens (tertiary/aromatic N) is 5. The third-order valence-corrected chi connectivity index (χ3v) is 5.42. The molecule has 0 radical (unpaired) electrons. The quantitative estimate of drug-likeness (QED) is 0.659. The maximum Gasteiger partial charge on any atom is 0.319 e. The van der Waals surface area contributed by atoms with Crippen LogP contribution in [0.25, 0.3) is 10.9 Å². The minimum Gasteiger partial charge on any atom is -0.347 e. The number of hydrogen-bond donors (Lipinski definition) is 2. The predicted molar refractivity (Wildman–Crippen MR) is 120 cm³/mol. The Morgan fingerprint density at radius 3 is 2.77 bits per heavy atom. The largest absolute Gasteiger partial charge is 0.347 e. The van der Waals surface area contributed by atoms with Crippen molar-refractivity contribution in [2.75, 3.05) is 37.4 Å². The van der Waals surface area contributed by atoms with Crippen molar-refractivity contribution < 1.29 is 9.59 Å². The van der Waals surface area contributed by atoms with Crippen LogP contribution >= 0.6 is 0 Å². The number of benzene rings is 1. The number of hydrogen-bond acceptors (Lipinski definition) is 5. The van der Waals surface area contributed by atoms with E-state index < -0.39 is 0 Å². The Bertz CT molecular complexity index is 1060. The summed E-state index contributed by atoms with van der Waals surface area (Å²) in [4.78, 5) is 36.8. The van der Waals surface area contributed by atoms with E-state index in [1.54, 1.807) is 37.5 Å². The highest BCUT2D eigenvalue weighted by Gasteiger charge is 2.23. The maximum atomic E-state index is 12.6. The van der Waals surface area contributed by atoms with Gasteiger partial charge in [0.05, 0.1) is 0 Å². The number of rotatable bonds is 5. The number of amides is 3. The second-order valence-corrected chi connectivity index (χ2v) is 7.94. The number of carbonyl (C=O) groups excluding carboxylic acids is 2. The normalized spacial score (nSPS) is 16.2. The van der Waals surface area contributed by atoms with Gasteiger partial charge in [-0.3, -0.25) is 4.79 Å². The van der Waals surface area contributed by atoms with Crippen LogP contribution in [-0.2, 0) is 11.3 Å². The summed E-state index contributed by atoms with van der Waals surface area (Å²) in [6.07, 6.45) is 7.23. The van der Waals surface area contributed by atoms with Crippen LogP contribution in [0.15, 0.2) is 48.9 Å². The smallest absolute Gasteiger partial charge is 0.319 e. The molecule has 0 spiro atoms. The minimum absolute atomic E-state index is 0.0272. The molecule has 9 nitrogen and oxygen atoms in total. The molecule has 4 rings (SSSR count). The molecule has 0 saturated carbocycles. The van der Waals surface area contributed by atoms with Crippen LogP contribution in [-0.4, -0.2) is 64.6 Å². The molecule has 162 valence electrons. The van der Waals surface area contributed by atoms with Crippen molar-refractivity contribution in [2.45, 2.75) is 25.4 Å². The van der Waals surface area contributed by atoms with Crippen LogP contribution in [0.1, 0.15) is 12.8 Å². The van der Waals surface area contributed by atoms with Gasteiger partial charge in [0.1, 0.15) is 6.54 Å². The van der Waals surface area contributed by atoms with E-state index in [4.69, 9.17) is 0 Å². The summed E-state index contributed by atoms with van der Waals surface area (Å²) in [6.45, 7) is 1.85. The van der Waals surface area contributed by atoms with Crippen molar-refractivity contribution >= 4 is 34.5 Å². The van der Waals surface area contributed by atoms with Gasteiger partial charge in [-0.05, 0) is 43.2 Å². The lowest BCUT2D eigenvalue weighted by atomic mass is 10.1. The topological polar surface area (TPSA) is 95.4 Å². The van der Waals surface area contributed by atoms with Gasteiger partial charge in [0, 0.05) is 68.4 Å². The van der Waals surface area contributed by atoms with Gasteiger partial charge in [0.15, 0.2) is 0 Å². The molecule has 0 bridgehead atoms. The maximum absolute atomic E-state index is 12.6. The Labute approximate surface area is 181 Å². The summed E-state index contributed by atoms with van der Waals surface area (Å²) >= 11 is 0. The molecule has 3 heterocycles. The molecule has 1 saturated heterocycles. The van der Waals surface area contributed by atoms with Gasteiger partial charge in [-0.25, -0.2) is 14.8 Å². The second-order valence-electron chi connectivity index (χ2n) is 7.94. The van der Waals surface area contributed by atoms with Crippen LogP contribution in [0.5, 0.6) is 0 Å². The third kappa shape index (κ3) is 4.93. The number of urea groups is 1. The molecule has 0 aliphatic carbocycles. The number of carbonyl (C=O) groups is 2. The molecule has 2 N–H and O–H groups in total. The summed E-state index contributed by atoms with van der Waals surface area (Å²) in [7, 11) is 3.49. The van der Waals surface area contributed by atoms with E-state index in [0.29, 0.717) is 18.2 Å². The molecule has 1 aromatic carbocycles. The zero-order chi connectivity index (χ0) is 21.8. The van der Waals surface area contributed by atoms with Gasteiger partial charge >= 0.3 is 6.03 Å². The van der Waals surface area contributed by atoms with E-state index in [-0.39, 0.29) is 24.5 Å². The van der Waals surface area contributed by atoms with Crippen LogP contribution in [0, 0.1) is 0 Å². The fourth-order valence-corrected chi connectivity index (χ4v) is 3.79. The first-order valence-corrected chi connectivity index (χ1v) is 10.4. The summed E-state index contributed by atoms with van der Waals surface area (Å²) in [5, 5.41) is 6.94. The lowest BCUT2D eigenvalue weighted by Gasteiger charge is -2.33. The molecule has 1 atom stereocenters. The second kappa shape index (κ2) is 9.03. The fraction of sp³-hybridized carbons (Fsp3) is 0.364. The van der Waals surface area contributed by atoms with Gasteiger partial charge < -0.3 is 25.0 Å². The Morgan fingerprint density at radius 1 is 1.19 bits per heavy atom. The molecule has 1 aliphatic heterocycles. The molecule has 31 heavy (non-hydrogen) atoms. The average Bonchev–Trinajstić information content (AvgIpc) is 3.16. The van der Waals surface area contributed by atoms with E-state index in [1.807, 2.05) is 35.0 Å². The first kappa shape index (κ1) is 20.6. The third-order valence-electron chi connectivity index (χ3n) is 5.42. The van der Waals surface area contributed by atoms with E-state index in [0.717, 1.165) is 30.3 Å². The molecule has 1 fully saturated rings. The van der Waals surface area contributed by atoms with Gasteiger partial charge in [-0.1, -0.05) is 0 Å². The van der Waals surface area contributed by atoms with E-state index in [2.05, 4.69) is 25.5 Å². The molecule has 3 aromatic rings. The summed E-state index contributed by atoms with van der Waals surface area (Å²) in [5.74, 6) is 0.721. The number of anilines is 2. The number of likely N-dealkylation sites (N-methyl/N-ethyl adjacent to an activating group) is 1. The molecule has 1 aliphatic rings. The Kier molecular flexibility index (Phi) is 6.01. The molecule has 1 unspecified atom stereocenters. The monoisotopic (exact) mass is 421 g/mol. The Balaban J connectivity index is 1.36. The number of aromatic nitrogens is 3. The zero-order valence-electron chi connectivity index (χ0n) is 17.8. The highest BCUT2D eigenvalue weighted by atomic mass is 16.2. The van der Waals surface area contributed by atoms with Crippen molar-refractivity contribution in [3.05, 3.63) is 48.9 Å². The number of piperidine rings is 1. The molecule has 9 heteroatoms. The predicted octanol–water partition coefficient (Wildman–Crippen LogP) is 2.31. The van der Waals surface area contributed by atoms with E-state index in [1.165, 1.54) is 0 Å². The minimum atomic E-state index is -0.234. The van der Waals surface area contributed by atoms with Gasteiger partial charge in [0.2, 0.25) is 11.9 Å². The first-order chi connectivity index (χ1) is 15.0. The summed E-state index contributed by atoms with van der Waals surface area (Å²) < 4.78 is 1.91. The highest BCUT2D eigenvalue weighted by Crippen LogP contribution is 2.21. The van der Waals surface area contributed by atoms with Crippen molar-refractivity contribution in [3.63, 3.8) is 0 Å². The van der Waals surface area contributed by atoms with Crippen LogP contribution in [0.3, 0.4) is 0 Å². The molecule has 3 amide bonds. The Hall–Kier alpha value is -3.62. The SMILES string of the molecule is CN(C)C(=O)Cn1ccc2cc(NC(=O)NC3CCCN(c4ncccn4)C3)ccc21. The first-order valence-electron chi connectivity index (χ1n) is 10.4. The Morgan fingerprint density at radius 2 is 2.00 bits per heavy atom. The van der Waals surface area contributed by atoms with Crippen LogP contribution in [0.4, 0.5) is 16.4 Å². The molecule has 2 aromatic heterocycles. The standard InChI is InChI=1S/C22H27N7O2/c1-27(2)20(30)15-28-12-8-16-13-17(6-7-19(16)28)25-22(31)26-18-5-3-11-29(14-18)21-23-9-4-10-24-21/h4,6-10,12-13,18H,3,5,11,14-15H2,1-2H3,(H2,25,26,31). The van der Waals surface area contributed by atoms with E-state index in [9.17, 15) is 9.59 Å². The van der Waals surface area contributed by atoms with Gasteiger partial charge in [-0.15, -0.1) is 0 Å². The summed E-state index contributed by atoms with van der Waals surface area (Å²) in [5.41, 5.74) is 1.66. The van der Waals surface area contributed by atoms with Crippen molar-refractivity contribution in [1.82, 2.24) is 24.8 Å². The van der Waals surface area contributed by atoms with Crippen LogP contribution in [0.2, 0.25) is 0 Å². The number of fused-ring (bicyclic) bond motifs is 1. The summed E-state index contributed by atoms with van der Waals surface area (Å²) in [6, 6.07) is 9.22. The van der Waals surface area contributed by atoms with Crippen molar-refractivity contribution in [3.8, 4) is 0 Å². The molecular weight excluding hydrogens is 394 g/mol. The van der Waals surface area contributed by atoms with Gasteiger partial charge in [-0.2, -0.15) is 0 Å².